The van der Waals surface area contributed by atoms with Gasteiger partial charge in [-0.05, 0) is 56.3 Å². The van der Waals surface area contributed by atoms with E-state index in [0.717, 1.165) is 25.9 Å². The highest BCUT2D eigenvalue weighted by atomic mass is 35.5. The standard InChI is InChI=1S/C20H31N3O2.ClH/c1-3-15(2)18(23-19(24)17-9-5-4-6-10-17)20(25)22-13-11-16-8-7-12-21-14-16;/h4-6,9-10,15-16,18,21H,3,7-8,11-14H2,1-2H3,(H,22,25)(H,23,24);1H. The van der Waals surface area contributed by atoms with Crippen LogP contribution in [0.1, 0.15) is 49.9 Å². The van der Waals surface area contributed by atoms with Crippen molar-refractivity contribution in [2.24, 2.45) is 11.8 Å². The first-order chi connectivity index (χ1) is 12.1. The summed E-state index contributed by atoms with van der Waals surface area (Å²) in [5.41, 5.74) is 0.580. The predicted molar refractivity (Wildman–Crippen MR) is 108 cm³/mol. The van der Waals surface area contributed by atoms with Gasteiger partial charge in [0.25, 0.3) is 5.91 Å². The maximum absolute atomic E-state index is 12.6. The largest absolute Gasteiger partial charge is 0.354 e. The molecule has 3 unspecified atom stereocenters. The minimum absolute atomic E-state index is 0. The Hall–Kier alpha value is -1.59. The minimum atomic E-state index is -0.498. The third kappa shape index (κ3) is 6.96. The molecule has 0 aromatic heterocycles. The average Bonchev–Trinajstić information content (AvgIpc) is 2.66. The first kappa shape index (κ1) is 22.5. The van der Waals surface area contributed by atoms with Crippen LogP contribution in [0.4, 0.5) is 0 Å². The maximum Gasteiger partial charge on any atom is 0.251 e. The quantitative estimate of drug-likeness (QED) is 0.648. The van der Waals surface area contributed by atoms with E-state index in [1.165, 1.54) is 12.8 Å². The summed E-state index contributed by atoms with van der Waals surface area (Å²) in [5, 5.41) is 9.33. The summed E-state index contributed by atoms with van der Waals surface area (Å²) in [4.78, 5) is 25.0. The van der Waals surface area contributed by atoms with Crippen molar-refractivity contribution in [3.05, 3.63) is 35.9 Å². The molecule has 0 radical (unpaired) electrons. The van der Waals surface area contributed by atoms with Crippen LogP contribution in [0, 0.1) is 11.8 Å². The molecule has 6 heteroatoms. The Morgan fingerprint density at radius 2 is 2.00 bits per heavy atom. The Morgan fingerprint density at radius 1 is 1.27 bits per heavy atom. The number of halogens is 1. The summed E-state index contributed by atoms with van der Waals surface area (Å²) < 4.78 is 0. The highest BCUT2D eigenvalue weighted by Crippen LogP contribution is 2.14. The molecule has 3 atom stereocenters. The zero-order valence-corrected chi connectivity index (χ0v) is 16.6. The van der Waals surface area contributed by atoms with Gasteiger partial charge < -0.3 is 16.0 Å². The van der Waals surface area contributed by atoms with Crippen LogP contribution in [-0.4, -0.2) is 37.5 Å². The molecule has 2 amide bonds. The Kier molecular flexibility index (Phi) is 10.3. The van der Waals surface area contributed by atoms with Crippen LogP contribution in [0.25, 0.3) is 0 Å². The van der Waals surface area contributed by atoms with Crippen molar-refractivity contribution in [2.45, 2.75) is 45.6 Å². The second-order valence-corrected chi connectivity index (χ2v) is 6.99. The van der Waals surface area contributed by atoms with E-state index in [9.17, 15) is 9.59 Å². The molecule has 1 fully saturated rings. The third-order valence-electron chi connectivity index (χ3n) is 5.07. The topological polar surface area (TPSA) is 70.2 Å². The Bertz CT molecular complexity index is 547. The van der Waals surface area contributed by atoms with Crippen LogP contribution < -0.4 is 16.0 Å². The normalized spacial score (nSPS) is 18.9. The van der Waals surface area contributed by atoms with E-state index >= 15 is 0 Å². The monoisotopic (exact) mass is 381 g/mol. The molecule has 1 aromatic rings. The van der Waals surface area contributed by atoms with E-state index in [2.05, 4.69) is 16.0 Å². The fourth-order valence-electron chi connectivity index (χ4n) is 3.20. The fraction of sp³-hybridized carbons (Fsp3) is 0.600. The highest BCUT2D eigenvalue weighted by Gasteiger charge is 2.26. The number of hydrogen-bond acceptors (Lipinski definition) is 3. The molecule has 3 N–H and O–H groups in total. The van der Waals surface area contributed by atoms with Gasteiger partial charge in [-0.2, -0.15) is 0 Å². The lowest BCUT2D eigenvalue weighted by molar-refractivity contribution is -0.124. The van der Waals surface area contributed by atoms with Crippen molar-refractivity contribution < 1.29 is 9.59 Å². The molecule has 1 aliphatic rings. The van der Waals surface area contributed by atoms with Crippen molar-refractivity contribution in [1.29, 1.82) is 0 Å². The van der Waals surface area contributed by atoms with E-state index in [4.69, 9.17) is 0 Å². The van der Waals surface area contributed by atoms with Crippen LogP contribution in [0.3, 0.4) is 0 Å². The minimum Gasteiger partial charge on any atom is -0.354 e. The van der Waals surface area contributed by atoms with Gasteiger partial charge in [-0.3, -0.25) is 9.59 Å². The number of nitrogens with one attached hydrogen (secondary N) is 3. The Morgan fingerprint density at radius 3 is 2.62 bits per heavy atom. The van der Waals surface area contributed by atoms with Gasteiger partial charge in [-0.1, -0.05) is 38.5 Å². The molecule has 1 aliphatic heterocycles. The molecule has 0 saturated carbocycles. The molecule has 0 spiro atoms. The van der Waals surface area contributed by atoms with E-state index in [1.807, 2.05) is 32.0 Å². The molecule has 1 aromatic carbocycles. The second-order valence-electron chi connectivity index (χ2n) is 6.99. The van der Waals surface area contributed by atoms with Crippen molar-refractivity contribution in [1.82, 2.24) is 16.0 Å². The lowest BCUT2D eigenvalue weighted by Crippen LogP contribution is -2.50. The summed E-state index contributed by atoms with van der Waals surface area (Å²) in [6.45, 7) is 6.84. The molecule has 26 heavy (non-hydrogen) atoms. The van der Waals surface area contributed by atoms with Crippen LogP contribution in [-0.2, 0) is 4.79 Å². The highest BCUT2D eigenvalue weighted by molar-refractivity contribution is 5.97. The van der Waals surface area contributed by atoms with Gasteiger partial charge >= 0.3 is 0 Å². The first-order valence-corrected chi connectivity index (χ1v) is 9.46. The first-order valence-electron chi connectivity index (χ1n) is 9.46. The van der Waals surface area contributed by atoms with Gasteiger partial charge in [0.1, 0.15) is 6.04 Å². The van der Waals surface area contributed by atoms with E-state index < -0.39 is 6.04 Å². The zero-order valence-electron chi connectivity index (χ0n) is 15.8. The zero-order chi connectivity index (χ0) is 18.1. The van der Waals surface area contributed by atoms with Gasteiger partial charge in [-0.15, -0.1) is 12.4 Å². The molecule has 0 bridgehead atoms. The smallest absolute Gasteiger partial charge is 0.251 e. The van der Waals surface area contributed by atoms with E-state index in [-0.39, 0.29) is 30.1 Å². The van der Waals surface area contributed by atoms with E-state index in [0.29, 0.717) is 18.0 Å². The number of hydrogen-bond donors (Lipinski definition) is 3. The molecular weight excluding hydrogens is 350 g/mol. The Balaban J connectivity index is 0.00000338. The summed E-state index contributed by atoms with van der Waals surface area (Å²) in [7, 11) is 0. The number of piperidine rings is 1. The number of benzene rings is 1. The van der Waals surface area contributed by atoms with Crippen LogP contribution in [0.5, 0.6) is 0 Å². The number of amides is 2. The fourth-order valence-corrected chi connectivity index (χ4v) is 3.20. The SMILES string of the molecule is CCC(C)C(NC(=O)c1ccccc1)C(=O)NCCC1CCCNC1.Cl. The van der Waals surface area contributed by atoms with Gasteiger partial charge in [0.2, 0.25) is 5.91 Å². The Labute approximate surface area is 163 Å². The van der Waals surface area contributed by atoms with Crippen molar-refractivity contribution in [2.75, 3.05) is 19.6 Å². The van der Waals surface area contributed by atoms with Crippen molar-refractivity contribution >= 4 is 24.2 Å². The van der Waals surface area contributed by atoms with Gasteiger partial charge in [0.15, 0.2) is 0 Å². The van der Waals surface area contributed by atoms with Crippen LogP contribution in [0.2, 0.25) is 0 Å². The summed E-state index contributed by atoms with van der Waals surface area (Å²) in [5.74, 6) is 0.443. The second kappa shape index (κ2) is 11.9. The number of carbonyl (C=O) groups is 2. The van der Waals surface area contributed by atoms with Crippen molar-refractivity contribution in [3.63, 3.8) is 0 Å². The molecule has 1 heterocycles. The van der Waals surface area contributed by atoms with Crippen molar-refractivity contribution in [3.8, 4) is 0 Å². The van der Waals surface area contributed by atoms with Crippen LogP contribution >= 0.6 is 12.4 Å². The molecule has 0 aliphatic carbocycles. The van der Waals surface area contributed by atoms with E-state index in [1.54, 1.807) is 12.1 Å². The van der Waals surface area contributed by atoms with Gasteiger partial charge in [0.05, 0.1) is 0 Å². The third-order valence-corrected chi connectivity index (χ3v) is 5.07. The number of rotatable bonds is 8. The lowest BCUT2D eigenvalue weighted by atomic mass is 9.95. The summed E-state index contributed by atoms with van der Waals surface area (Å²) in [6.07, 6.45) is 4.25. The summed E-state index contributed by atoms with van der Waals surface area (Å²) >= 11 is 0. The molecule has 146 valence electrons. The van der Waals surface area contributed by atoms with Gasteiger partial charge in [0, 0.05) is 12.1 Å². The summed E-state index contributed by atoms with van der Waals surface area (Å²) in [6, 6.07) is 8.54. The molecule has 1 saturated heterocycles. The number of carbonyl (C=O) groups excluding carboxylic acids is 2. The molecular formula is C20H32ClN3O2. The molecule has 5 nitrogen and oxygen atoms in total. The van der Waals surface area contributed by atoms with Gasteiger partial charge in [-0.25, -0.2) is 0 Å². The molecule has 2 rings (SSSR count). The van der Waals surface area contributed by atoms with Crippen LogP contribution in [0.15, 0.2) is 30.3 Å². The average molecular weight is 382 g/mol. The predicted octanol–water partition coefficient (Wildman–Crippen LogP) is 2.76. The lowest BCUT2D eigenvalue weighted by Gasteiger charge is -2.25. The maximum atomic E-state index is 12.6.